The second-order valence-corrected chi connectivity index (χ2v) is 9.32. The van der Waals surface area contributed by atoms with Crippen LogP contribution in [0, 0.1) is 11.8 Å². The first kappa shape index (κ1) is 21.4. The number of para-hydroxylation sites is 1. The van der Waals surface area contributed by atoms with Crippen LogP contribution >= 0.6 is 0 Å². The zero-order valence-electron chi connectivity index (χ0n) is 19.0. The first-order valence-electron chi connectivity index (χ1n) is 11.5. The van der Waals surface area contributed by atoms with Gasteiger partial charge in [0.05, 0.1) is 11.1 Å². The molecule has 2 aromatic carbocycles. The standard InChI is InChI=1S/C27H33N3O/c1-17(2)20-12-14-21(15-13-20)28-26-16-23(22-9-5-6-10-25(22)29-26)27(31)30-24-11-7-8-18(3)19(24)4/h5-6,9-10,12-19,24H,7-8,11H2,1-4H3,(H,28,29)(H,30,31). The van der Waals surface area contributed by atoms with E-state index in [9.17, 15) is 4.79 Å². The number of hydrogen-bond donors (Lipinski definition) is 2. The number of nitrogens with one attached hydrogen (secondary N) is 2. The lowest BCUT2D eigenvalue weighted by Gasteiger charge is -2.34. The molecule has 31 heavy (non-hydrogen) atoms. The number of aromatic nitrogens is 1. The maximum atomic E-state index is 13.3. The number of fused-ring (bicyclic) bond motifs is 1. The van der Waals surface area contributed by atoms with Gasteiger partial charge in [-0.2, -0.15) is 0 Å². The fourth-order valence-electron chi connectivity index (χ4n) is 4.56. The fourth-order valence-corrected chi connectivity index (χ4v) is 4.56. The average Bonchev–Trinajstić information content (AvgIpc) is 2.76. The smallest absolute Gasteiger partial charge is 0.252 e. The highest BCUT2D eigenvalue weighted by molar-refractivity contribution is 6.07. The number of carbonyl (C=O) groups excluding carboxylic acids is 1. The summed E-state index contributed by atoms with van der Waals surface area (Å²) in [6, 6.07) is 18.4. The normalized spacial score (nSPS) is 21.3. The molecule has 3 aromatic rings. The summed E-state index contributed by atoms with van der Waals surface area (Å²) in [5.74, 6) is 2.30. The van der Waals surface area contributed by atoms with Crippen LogP contribution < -0.4 is 10.6 Å². The Bertz CT molecular complexity index is 1060. The largest absolute Gasteiger partial charge is 0.349 e. The summed E-state index contributed by atoms with van der Waals surface area (Å²) < 4.78 is 0. The van der Waals surface area contributed by atoms with Crippen LogP contribution in [0.3, 0.4) is 0 Å². The monoisotopic (exact) mass is 415 g/mol. The van der Waals surface area contributed by atoms with Crippen molar-refractivity contribution in [2.24, 2.45) is 11.8 Å². The Morgan fingerprint density at radius 1 is 1.03 bits per heavy atom. The first-order valence-corrected chi connectivity index (χ1v) is 11.5. The van der Waals surface area contributed by atoms with E-state index in [1.165, 1.54) is 18.4 Å². The van der Waals surface area contributed by atoms with Crippen molar-refractivity contribution in [2.75, 3.05) is 5.32 Å². The number of carbonyl (C=O) groups is 1. The summed E-state index contributed by atoms with van der Waals surface area (Å²) in [4.78, 5) is 18.1. The lowest BCUT2D eigenvalue weighted by atomic mass is 9.78. The van der Waals surface area contributed by atoms with E-state index in [-0.39, 0.29) is 11.9 Å². The summed E-state index contributed by atoms with van der Waals surface area (Å²) in [7, 11) is 0. The third kappa shape index (κ3) is 4.73. The van der Waals surface area contributed by atoms with Crippen LogP contribution in [0.5, 0.6) is 0 Å². The number of rotatable bonds is 5. The van der Waals surface area contributed by atoms with Crippen LogP contribution in [0.2, 0.25) is 0 Å². The molecule has 1 aromatic heterocycles. The molecular formula is C27H33N3O. The summed E-state index contributed by atoms with van der Waals surface area (Å²) >= 11 is 0. The molecular weight excluding hydrogens is 382 g/mol. The molecule has 3 unspecified atom stereocenters. The highest BCUT2D eigenvalue weighted by atomic mass is 16.1. The van der Waals surface area contributed by atoms with Crippen LogP contribution in [0.25, 0.3) is 10.9 Å². The third-order valence-corrected chi connectivity index (χ3v) is 6.83. The van der Waals surface area contributed by atoms with Gasteiger partial charge in [0.15, 0.2) is 0 Å². The lowest BCUT2D eigenvalue weighted by molar-refractivity contribution is 0.0892. The van der Waals surface area contributed by atoms with E-state index >= 15 is 0 Å². The predicted octanol–water partition coefficient (Wildman–Crippen LogP) is 6.66. The van der Waals surface area contributed by atoms with E-state index in [0.717, 1.165) is 23.0 Å². The van der Waals surface area contributed by atoms with Gasteiger partial charge in [-0.15, -0.1) is 0 Å². The van der Waals surface area contributed by atoms with Gasteiger partial charge in [0.1, 0.15) is 5.82 Å². The van der Waals surface area contributed by atoms with Crippen molar-refractivity contribution >= 4 is 28.3 Å². The summed E-state index contributed by atoms with van der Waals surface area (Å²) in [6.45, 7) is 8.92. The number of nitrogens with zero attached hydrogens (tertiary/aromatic N) is 1. The second kappa shape index (κ2) is 9.09. The molecule has 4 rings (SSSR count). The minimum atomic E-state index is -0.0113. The third-order valence-electron chi connectivity index (χ3n) is 6.83. The molecule has 4 heteroatoms. The maximum Gasteiger partial charge on any atom is 0.252 e. The van der Waals surface area contributed by atoms with Gasteiger partial charge in [-0.1, -0.05) is 70.9 Å². The maximum absolute atomic E-state index is 13.3. The van der Waals surface area contributed by atoms with E-state index in [0.29, 0.717) is 29.1 Å². The van der Waals surface area contributed by atoms with Crippen LogP contribution in [-0.4, -0.2) is 16.9 Å². The van der Waals surface area contributed by atoms with E-state index in [2.05, 4.69) is 62.6 Å². The number of benzene rings is 2. The van der Waals surface area contributed by atoms with E-state index in [1.807, 2.05) is 30.3 Å². The summed E-state index contributed by atoms with van der Waals surface area (Å²) in [5, 5.41) is 7.60. The number of amides is 1. The average molecular weight is 416 g/mol. The minimum absolute atomic E-state index is 0.0113. The molecule has 3 atom stereocenters. The van der Waals surface area contributed by atoms with E-state index in [4.69, 9.17) is 4.98 Å². The summed E-state index contributed by atoms with van der Waals surface area (Å²) in [5.41, 5.74) is 3.76. The fraction of sp³-hybridized carbons (Fsp3) is 0.407. The first-order chi connectivity index (χ1) is 14.9. The molecule has 0 saturated heterocycles. The quantitative estimate of drug-likeness (QED) is 0.490. The van der Waals surface area contributed by atoms with Gasteiger partial charge in [0.2, 0.25) is 0 Å². The molecule has 0 bridgehead atoms. The Morgan fingerprint density at radius 2 is 1.77 bits per heavy atom. The molecule has 1 aliphatic carbocycles. The second-order valence-electron chi connectivity index (χ2n) is 9.32. The highest BCUT2D eigenvalue weighted by Gasteiger charge is 2.29. The minimum Gasteiger partial charge on any atom is -0.349 e. The van der Waals surface area contributed by atoms with Gasteiger partial charge >= 0.3 is 0 Å². The van der Waals surface area contributed by atoms with Crippen LogP contribution in [-0.2, 0) is 0 Å². The van der Waals surface area contributed by atoms with Crippen molar-refractivity contribution < 1.29 is 4.79 Å². The van der Waals surface area contributed by atoms with Gasteiger partial charge in [-0.05, 0) is 54.0 Å². The Kier molecular flexibility index (Phi) is 6.26. The van der Waals surface area contributed by atoms with Crippen molar-refractivity contribution in [1.82, 2.24) is 10.3 Å². The van der Waals surface area contributed by atoms with Crippen molar-refractivity contribution in [1.29, 1.82) is 0 Å². The predicted molar refractivity (Wildman–Crippen MR) is 129 cm³/mol. The zero-order chi connectivity index (χ0) is 22.0. The molecule has 1 heterocycles. The van der Waals surface area contributed by atoms with Crippen LogP contribution in [0.15, 0.2) is 54.6 Å². The van der Waals surface area contributed by atoms with Crippen LogP contribution in [0.1, 0.15) is 68.8 Å². The van der Waals surface area contributed by atoms with Crippen molar-refractivity contribution in [3.8, 4) is 0 Å². The van der Waals surface area contributed by atoms with Gasteiger partial charge < -0.3 is 10.6 Å². The molecule has 162 valence electrons. The number of pyridine rings is 1. The zero-order valence-corrected chi connectivity index (χ0v) is 19.0. The Hall–Kier alpha value is -2.88. The van der Waals surface area contributed by atoms with Crippen molar-refractivity contribution in [2.45, 2.75) is 58.9 Å². The molecule has 0 radical (unpaired) electrons. The molecule has 1 aliphatic rings. The van der Waals surface area contributed by atoms with Gasteiger partial charge in [-0.25, -0.2) is 4.98 Å². The molecule has 0 aliphatic heterocycles. The van der Waals surface area contributed by atoms with E-state index in [1.54, 1.807) is 0 Å². The Balaban J connectivity index is 1.62. The molecule has 4 nitrogen and oxygen atoms in total. The highest BCUT2D eigenvalue weighted by Crippen LogP contribution is 2.30. The summed E-state index contributed by atoms with van der Waals surface area (Å²) in [6.07, 6.45) is 3.47. The lowest BCUT2D eigenvalue weighted by Crippen LogP contribution is -2.43. The van der Waals surface area contributed by atoms with Gasteiger partial charge in [0, 0.05) is 17.1 Å². The van der Waals surface area contributed by atoms with Gasteiger partial charge in [0.25, 0.3) is 5.91 Å². The molecule has 1 saturated carbocycles. The topological polar surface area (TPSA) is 54.0 Å². The van der Waals surface area contributed by atoms with Crippen molar-refractivity contribution in [3.63, 3.8) is 0 Å². The van der Waals surface area contributed by atoms with Crippen LogP contribution in [0.4, 0.5) is 11.5 Å². The molecule has 2 N–H and O–H groups in total. The number of anilines is 2. The molecule has 0 spiro atoms. The molecule has 1 amide bonds. The SMILES string of the molecule is CC(C)c1ccc(Nc2cc(C(=O)NC3CCCC(C)C3C)c3ccccc3n2)cc1. The Labute approximate surface area is 185 Å². The number of hydrogen-bond acceptors (Lipinski definition) is 3. The Morgan fingerprint density at radius 3 is 2.52 bits per heavy atom. The van der Waals surface area contributed by atoms with E-state index < -0.39 is 0 Å². The van der Waals surface area contributed by atoms with Crippen molar-refractivity contribution in [3.05, 3.63) is 65.7 Å². The molecule has 1 fully saturated rings. The van der Waals surface area contributed by atoms with Gasteiger partial charge in [-0.3, -0.25) is 4.79 Å².